The molecule has 7 heteroatoms. The van der Waals surface area contributed by atoms with E-state index < -0.39 is 0 Å². The second kappa shape index (κ2) is 7.44. The number of aryl methyl sites for hydroxylation is 1. The van der Waals surface area contributed by atoms with Crippen LogP contribution in [0.3, 0.4) is 0 Å². The number of amides is 1. The van der Waals surface area contributed by atoms with Gasteiger partial charge in [0.15, 0.2) is 0 Å². The minimum absolute atomic E-state index is 0.174. The zero-order chi connectivity index (χ0) is 16.9. The molecule has 6 nitrogen and oxygen atoms in total. The first-order chi connectivity index (χ1) is 11.7. The van der Waals surface area contributed by atoms with Crippen molar-refractivity contribution in [2.75, 3.05) is 11.6 Å². The van der Waals surface area contributed by atoms with Gasteiger partial charge in [0.1, 0.15) is 12.1 Å². The van der Waals surface area contributed by atoms with E-state index in [-0.39, 0.29) is 5.91 Å². The van der Waals surface area contributed by atoms with E-state index in [0.717, 1.165) is 29.9 Å². The highest BCUT2D eigenvalue weighted by Crippen LogP contribution is 2.17. The lowest BCUT2D eigenvalue weighted by atomic mass is 10.2. The lowest BCUT2D eigenvalue weighted by molar-refractivity contribution is 0.102. The molecule has 0 saturated heterocycles. The highest BCUT2D eigenvalue weighted by molar-refractivity contribution is 7.98. The lowest BCUT2D eigenvalue weighted by Gasteiger charge is -2.09. The highest BCUT2D eigenvalue weighted by atomic mass is 32.2. The maximum Gasteiger partial charge on any atom is 0.256 e. The maximum atomic E-state index is 12.5. The average Bonchev–Trinajstić information content (AvgIpc) is 3.09. The van der Waals surface area contributed by atoms with Crippen LogP contribution in [0.4, 0.5) is 5.82 Å². The molecule has 0 aliphatic rings. The lowest BCUT2D eigenvalue weighted by Crippen LogP contribution is -2.15. The molecule has 0 saturated carbocycles. The molecule has 1 N–H and O–H groups in total. The summed E-state index contributed by atoms with van der Waals surface area (Å²) in [6.07, 6.45) is 6.43. The Bertz CT molecular complexity index is 844. The molecule has 0 atom stereocenters. The predicted octanol–water partition coefficient (Wildman–Crippen LogP) is 3.44. The molecule has 3 aromatic rings. The summed E-state index contributed by atoms with van der Waals surface area (Å²) in [4.78, 5) is 22.2. The van der Waals surface area contributed by atoms with Crippen LogP contribution in [-0.2, 0) is 6.42 Å². The van der Waals surface area contributed by atoms with Crippen molar-refractivity contribution in [1.29, 1.82) is 0 Å². The molecule has 124 valence electrons. The minimum Gasteiger partial charge on any atom is -0.306 e. The Morgan fingerprint density at radius 1 is 1.29 bits per heavy atom. The standard InChI is InChI=1S/C17H19N5OS/c1-3-4-5-13-10-15(22-17(20-13)18-11-19-22)21-16(23)12-6-8-14(24-2)9-7-12/h6-11H,3-5H2,1-2H3,(H,21,23). The van der Waals surface area contributed by atoms with Crippen molar-refractivity contribution in [3.8, 4) is 0 Å². The van der Waals surface area contributed by atoms with Gasteiger partial charge in [0.25, 0.3) is 11.7 Å². The number of hydrogen-bond donors (Lipinski definition) is 1. The Kier molecular flexibility index (Phi) is 5.10. The summed E-state index contributed by atoms with van der Waals surface area (Å²) in [7, 11) is 0. The second-order valence-corrected chi connectivity index (χ2v) is 6.27. The number of carbonyl (C=O) groups excluding carboxylic acids is 1. The van der Waals surface area contributed by atoms with Crippen LogP contribution in [0.5, 0.6) is 0 Å². The van der Waals surface area contributed by atoms with Gasteiger partial charge in [-0.1, -0.05) is 13.3 Å². The molecular weight excluding hydrogens is 322 g/mol. The summed E-state index contributed by atoms with van der Waals surface area (Å²) in [6, 6.07) is 9.37. The molecule has 0 unspecified atom stereocenters. The van der Waals surface area contributed by atoms with Gasteiger partial charge in [0.2, 0.25) is 0 Å². The predicted molar refractivity (Wildman–Crippen MR) is 95.6 cm³/mol. The number of unbranched alkanes of at least 4 members (excludes halogenated alkanes) is 1. The summed E-state index contributed by atoms with van der Waals surface area (Å²) in [6.45, 7) is 2.14. The number of fused-ring (bicyclic) bond motifs is 1. The van der Waals surface area contributed by atoms with Crippen LogP contribution in [0.2, 0.25) is 0 Å². The van der Waals surface area contributed by atoms with E-state index >= 15 is 0 Å². The van der Waals surface area contributed by atoms with Gasteiger partial charge in [-0.3, -0.25) is 4.79 Å². The molecule has 3 rings (SSSR count). The van der Waals surface area contributed by atoms with E-state index in [1.807, 2.05) is 36.6 Å². The number of nitrogens with one attached hydrogen (secondary N) is 1. The molecule has 1 aromatic carbocycles. The number of aromatic nitrogens is 4. The Balaban J connectivity index is 1.87. The van der Waals surface area contributed by atoms with Crippen molar-refractivity contribution in [3.63, 3.8) is 0 Å². The van der Waals surface area contributed by atoms with E-state index in [4.69, 9.17) is 0 Å². The summed E-state index contributed by atoms with van der Waals surface area (Å²) in [5.41, 5.74) is 1.51. The van der Waals surface area contributed by atoms with Crippen LogP contribution in [0.25, 0.3) is 5.78 Å². The summed E-state index contributed by atoms with van der Waals surface area (Å²) >= 11 is 1.64. The molecule has 0 aliphatic carbocycles. The Morgan fingerprint density at radius 3 is 2.79 bits per heavy atom. The molecule has 24 heavy (non-hydrogen) atoms. The largest absolute Gasteiger partial charge is 0.306 e. The molecule has 2 heterocycles. The van der Waals surface area contributed by atoms with Crippen LogP contribution in [0.1, 0.15) is 35.8 Å². The van der Waals surface area contributed by atoms with Gasteiger partial charge in [-0.2, -0.15) is 14.6 Å². The maximum absolute atomic E-state index is 12.5. The third-order valence-corrected chi connectivity index (χ3v) is 4.43. The molecule has 0 bridgehead atoms. The average molecular weight is 341 g/mol. The fourth-order valence-electron chi connectivity index (χ4n) is 2.37. The molecule has 1 amide bonds. The van der Waals surface area contributed by atoms with Gasteiger partial charge in [0.05, 0.1) is 0 Å². The Morgan fingerprint density at radius 2 is 2.08 bits per heavy atom. The number of benzene rings is 1. The quantitative estimate of drug-likeness (QED) is 0.695. The summed E-state index contributed by atoms with van der Waals surface area (Å²) in [5.74, 6) is 0.909. The van der Waals surface area contributed by atoms with Gasteiger partial charge in [-0.15, -0.1) is 11.8 Å². The smallest absolute Gasteiger partial charge is 0.256 e. The Hall–Kier alpha value is -2.41. The van der Waals surface area contributed by atoms with Gasteiger partial charge < -0.3 is 5.32 Å². The van der Waals surface area contributed by atoms with Crippen LogP contribution in [-0.4, -0.2) is 31.7 Å². The van der Waals surface area contributed by atoms with Crippen molar-refractivity contribution < 1.29 is 4.79 Å². The van der Waals surface area contributed by atoms with Crippen molar-refractivity contribution in [2.45, 2.75) is 31.1 Å². The molecule has 0 radical (unpaired) electrons. The number of hydrogen-bond acceptors (Lipinski definition) is 5. The van der Waals surface area contributed by atoms with Crippen molar-refractivity contribution in [2.24, 2.45) is 0 Å². The SMILES string of the molecule is CCCCc1cc(NC(=O)c2ccc(SC)cc2)n2ncnc2n1. The van der Waals surface area contributed by atoms with Crippen molar-refractivity contribution >= 4 is 29.3 Å². The molecule has 0 aliphatic heterocycles. The first-order valence-corrected chi connectivity index (χ1v) is 9.09. The van der Waals surface area contributed by atoms with Crippen molar-refractivity contribution in [1.82, 2.24) is 19.6 Å². The van der Waals surface area contributed by atoms with Gasteiger partial charge in [-0.25, -0.2) is 4.98 Å². The molecule has 0 fully saturated rings. The van der Waals surface area contributed by atoms with Gasteiger partial charge in [-0.05, 0) is 43.4 Å². The Labute approximate surface area is 144 Å². The van der Waals surface area contributed by atoms with E-state index in [9.17, 15) is 4.79 Å². The van der Waals surface area contributed by atoms with E-state index in [1.54, 1.807) is 16.3 Å². The molecule has 2 aromatic heterocycles. The van der Waals surface area contributed by atoms with Gasteiger partial charge in [0, 0.05) is 22.2 Å². The summed E-state index contributed by atoms with van der Waals surface area (Å²) in [5, 5.41) is 7.06. The van der Waals surface area contributed by atoms with Crippen LogP contribution >= 0.6 is 11.8 Å². The fraction of sp³-hybridized carbons (Fsp3) is 0.294. The highest BCUT2D eigenvalue weighted by Gasteiger charge is 2.12. The fourth-order valence-corrected chi connectivity index (χ4v) is 2.78. The van der Waals surface area contributed by atoms with Gasteiger partial charge >= 0.3 is 0 Å². The minimum atomic E-state index is -0.174. The topological polar surface area (TPSA) is 72.2 Å². The number of anilines is 1. The first-order valence-electron chi connectivity index (χ1n) is 7.86. The molecule has 0 spiro atoms. The van der Waals surface area contributed by atoms with E-state index in [1.165, 1.54) is 6.33 Å². The first kappa shape index (κ1) is 16.4. The van der Waals surface area contributed by atoms with Crippen LogP contribution in [0, 0.1) is 0 Å². The zero-order valence-corrected chi connectivity index (χ0v) is 14.5. The number of thioether (sulfide) groups is 1. The summed E-state index contributed by atoms with van der Waals surface area (Å²) < 4.78 is 1.55. The number of rotatable bonds is 6. The normalized spacial score (nSPS) is 10.9. The second-order valence-electron chi connectivity index (χ2n) is 5.39. The monoisotopic (exact) mass is 341 g/mol. The zero-order valence-electron chi connectivity index (χ0n) is 13.7. The number of carbonyl (C=O) groups is 1. The van der Waals surface area contributed by atoms with E-state index in [0.29, 0.717) is 17.2 Å². The number of nitrogens with zero attached hydrogens (tertiary/aromatic N) is 4. The third-order valence-electron chi connectivity index (χ3n) is 3.69. The third kappa shape index (κ3) is 3.56. The van der Waals surface area contributed by atoms with Crippen LogP contribution < -0.4 is 5.32 Å². The molecular formula is C17H19N5OS. The van der Waals surface area contributed by atoms with Crippen LogP contribution in [0.15, 0.2) is 41.6 Å². The van der Waals surface area contributed by atoms with Crippen molar-refractivity contribution in [3.05, 3.63) is 47.9 Å². The van der Waals surface area contributed by atoms with E-state index in [2.05, 4.69) is 27.3 Å².